The SMILES string of the molecule is CCOc1ccc(CC(=O)Nc2nc3ccc(Cl)cc3s2)cc1. The molecule has 2 aromatic carbocycles. The Morgan fingerprint density at radius 1 is 1.26 bits per heavy atom. The van der Waals surface area contributed by atoms with Gasteiger partial charge in [-0.15, -0.1) is 0 Å². The van der Waals surface area contributed by atoms with Gasteiger partial charge in [0, 0.05) is 5.02 Å². The average molecular weight is 347 g/mol. The predicted octanol–water partition coefficient (Wildman–Crippen LogP) is 4.53. The van der Waals surface area contributed by atoms with E-state index in [-0.39, 0.29) is 5.91 Å². The maximum atomic E-state index is 12.1. The quantitative estimate of drug-likeness (QED) is 0.738. The van der Waals surface area contributed by atoms with Crippen LogP contribution < -0.4 is 10.1 Å². The normalized spacial score (nSPS) is 10.7. The molecule has 0 unspecified atom stereocenters. The molecule has 1 aromatic heterocycles. The Bertz CT molecular complexity index is 830. The highest BCUT2D eigenvalue weighted by atomic mass is 35.5. The zero-order valence-corrected chi connectivity index (χ0v) is 14.1. The van der Waals surface area contributed by atoms with E-state index in [9.17, 15) is 4.79 Å². The molecule has 118 valence electrons. The summed E-state index contributed by atoms with van der Waals surface area (Å²) in [5, 5.41) is 4.08. The first-order chi connectivity index (χ1) is 11.1. The number of benzene rings is 2. The predicted molar refractivity (Wildman–Crippen MR) is 94.6 cm³/mol. The Morgan fingerprint density at radius 3 is 2.78 bits per heavy atom. The average Bonchev–Trinajstić information content (AvgIpc) is 2.90. The third-order valence-corrected chi connectivity index (χ3v) is 4.36. The van der Waals surface area contributed by atoms with Crippen molar-refractivity contribution in [2.24, 2.45) is 0 Å². The van der Waals surface area contributed by atoms with Crippen LogP contribution in [0.3, 0.4) is 0 Å². The number of halogens is 1. The van der Waals surface area contributed by atoms with Gasteiger partial charge in [-0.05, 0) is 42.8 Å². The van der Waals surface area contributed by atoms with Crippen LogP contribution in [0.1, 0.15) is 12.5 Å². The highest BCUT2D eigenvalue weighted by molar-refractivity contribution is 7.22. The van der Waals surface area contributed by atoms with Crippen molar-refractivity contribution in [2.75, 3.05) is 11.9 Å². The van der Waals surface area contributed by atoms with Gasteiger partial charge in [-0.2, -0.15) is 0 Å². The molecule has 0 radical (unpaired) electrons. The Balaban J connectivity index is 1.65. The number of fused-ring (bicyclic) bond motifs is 1. The van der Waals surface area contributed by atoms with E-state index < -0.39 is 0 Å². The van der Waals surface area contributed by atoms with Crippen molar-refractivity contribution in [3.63, 3.8) is 0 Å². The number of nitrogens with zero attached hydrogens (tertiary/aromatic N) is 1. The Kier molecular flexibility index (Phi) is 4.79. The molecular formula is C17H15ClN2O2S. The van der Waals surface area contributed by atoms with Crippen molar-refractivity contribution in [3.05, 3.63) is 53.1 Å². The van der Waals surface area contributed by atoms with Gasteiger partial charge < -0.3 is 10.1 Å². The number of carbonyl (C=O) groups is 1. The molecule has 3 rings (SSSR count). The van der Waals surface area contributed by atoms with Gasteiger partial charge in [0.2, 0.25) is 5.91 Å². The highest BCUT2D eigenvalue weighted by Gasteiger charge is 2.09. The number of rotatable bonds is 5. The van der Waals surface area contributed by atoms with Gasteiger partial charge in [-0.3, -0.25) is 4.79 Å². The van der Waals surface area contributed by atoms with Gasteiger partial charge in [-0.1, -0.05) is 35.1 Å². The maximum absolute atomic E-state index is 12.1. The summed E-state index contributed by atoms with van der Waals surface area (Å²) in [5.41, 5.74) is 1.76. The van der Waals surface area contributed by atoms with Gasteiger partial charge in [0.25, 0.3) is 0 Å². The minimum Gasteiger partial charge on any atom is -0.494 e. The first kappa shape index (κ1) is 15.8. The topological polar surface area (TPSA) is 51.2 Å². The number of aromatic nitrogens is 1. The lowest BCUT2D eigenvalue weighted by Gasteiger charge is -2.05. The van der Waals surface area contributed by atoms with Crippen LogP contribution in [0.25, 0.3) is 10.2 Å². The van der Waals surface area contributed by atoms with Gasteiger partial charge in [0.15, 0.2) is 5.13 Å². The van der Waals surface area contributed by atoms with E-state index in [0.717, 1.165) is 21.5 Å². The fourth-order valence-corrected chi connectivity index (χ4v) is 3.33. The van der Waals surface area contributed by atoms with Crippen LogP contribution in [-0.4, -0.2) is 17.5 Å². The van der Waals surface area contributed by atoms with E-state index in [1.165, 1.54) is 11.3 Å². The van der Waals surface area contributed by atoms with Gasteiger partial charge in [0.05, 0.1) is 23.2 Å². The van der Waals surface area contributed by atoms with Crippen molar-refractivity contribution < 1.29 is 9.53 Å². The largest absolute Gasteiger partial charge is 0.494 e. The van der Waals surface area contributed by atoms with Gasteiger partial charge in [0.1, 0.15) is 5.75 Å². The lowest BCUT2D eigenvalue weighted by atomic mass is 10.1. The summed E-state index contributed by atoms with van der Waals surface area (Å²) in [6, 6.07) is 13.0. The molecule has 1 amide bonds. The van der Waals surface area contributed by atoms with Crippen LogP contribution in [0.2, 0.25) is 5.02 Å². The monoisotopic (exact) mass is 346 g/mol. The molecule has 3 aromatic rings. The van der Waals surface area contributed by atoms with Crippen LogP contribution in [0.5, 0.6) is 5.75 Å². The molecule has 0 fully saturated rings. The third kappa shape index (κ3) is 4.00. The van der Waals surface area contributed by atoms with E-state index >= 15 is 0 Å². The van der Waals surface area contributed by atoms with Crippen molar-refractivity contribution in [2.45, 2.75) is 13.3 Å². The van der Waals surface area contributed by atoms with Crippen molar-refractivity contribution in [1.82, 2.24) is 4.98 Å². The smallest absolute Gasteiger partial charge is 0.230 e. The number of ether oxygens (including phenoxy) is 1. The molecule has 0 saturated carbocycles. The Labute approximate surface area is 143 Å². The van der Waals surface area contributed by atoms with Crippen LogP contribution in [0.4, 0.5) is 5.13 Å². The van der Waals surface area contributed by atoms with E-state index in [4.69, 9.17) is 16.3 Å². The van der Waals surface area contributed by atoms with Gasteiger partial charge in [-0.25, -0.2) is 4.98 Å². The number of amides is 1. The summed E-state index contributed by atoms with van der Waals surface area (Å²) < 4.78 is 6.34. The van der Waals surface area contributed by atoms with E-state index in [0.29, 0.717) is 23.2 Å². The maximum Gasteiger partial charge on any atom is 0.230 e. The van der Waals surface area contributed by atoms with Crippen LogP contribution in [0, 0.1) is 0 Å². The van der Waals surface area contributed by atoms with Crippen LogP contribution >= 0.6 is 22.9 Å². The zero-order chi connectivity index (χ0) is 16.2. The van der Waals surface area contributed by atoms with E-state index in [2.05, 4.69) is 10.3 Å². The molecule has 0 saturated heterocycles. The first-order valence-corrected chi connectivity index (χ1v) is 8.41. The second-order valence-electron chi connectivity index (χ2n) is 4.93. The van der Waals surface area contributed by atoms with Crippen LogP contribution in [0.15, 0.2) is 42.5 Å². The molecule has 0 spiro atoms. The Morgan fingerprint density at radius 2 is 2.04 bits per heavy atom. The second-order valence-corrected chi connectivity index (χ2v) is 6.40. The summed E-state index contributed by atoms with van der Waals surface area (Å²) in [7, 11) is 0. The fourth-order valence-electron chi connectivity index (χ4n) is 2.17. The van der Waals surface area contributed by atoms with Crippen molar-refractivity contribution in [1.29, 1.82) is 0 Å². The minimum atomic E-state index is -0.0979. The van der Waals surface area contributed by atoms with Crippen LogP contribution in [-0.2, 0) is 11.2 Å². The number of thiazole rings is 1. The zero-order valence-electron chi connectivity index (χ0n) is 12.5. The first-order valence-electron chi connectivity index (χ1n) is 7.21. The third-order valence-electron chi connectivity index (χ3n) is 3.20. The van der Waals surface area contributed by atoms with Crippen molar-refractivity contribution >= 4 is 44.2 Å². The molecular weight excluding hydrogens is 332 g/mol. The lowest BCUT2D eigenvalue weighted by Crippen LogP contribution is -2.14. The molecule has 0 aliphatic heterocycles. The van der Waals surface area contributed by atoms with Gasteiger partial charge >= 0.3 is 0 Å². The van der Waals surface area contributed by atoms with E-state index in [1.807, 2.05) is 43.3 Å². The summed E-state index contributed by atoms with van der Waals surface area (Å²) in [4.78, 5) is 16.5. The molecule has 23 heavy (non-hydrogen) atoms. The molecule has 0 aliphatic rings. The summed E-state index contributed by atoms with van der Waals surface area (Å²) in [6.07, 6.45) is 0.295. The number of hydrogen-bond acceptors (Lipinski definition) is 4. The lowest BCUT2D eigenvalue weighted by molar-refractivity contribution is -0.115. The summed E-state index contributed by atoms with van der Waals surface area (Å²) in [5.74, 6) is 0.707. The van der Waals surface area contributed by atoms with E-state index in [1.54, 1.807) is 6.07 Å². The second kappa shape index (κ2) is 6.98. The number of nitrogens with one attached hydrogen (secondary N) is 1. The fraction of sp³-hybridized carbons (Fsp3) is 0.176. The summed E-state index contributed by atoms with van der Waals surface area (Å²) >= 11 is 7.37. The molecule has 0 bridgehead atoms. The molecule has 4 nitrogen and oxygen atoms in total. The molecule has 0 atom stereocenters. The summed E-state index contributed by atoms with van der Waals surface area (Å²) in [6.45, 7) is 2.56. The molecule has 6 heteroatoms. The highest BCUT2D eigenvalue weighted by Crippen LogP contribution is 2.28. The number of anilines is 1. The standard InChI is InChI=1S/C17H15ClN2O2S/c1-2-22-13-6-3-11(4-7-13)9-16(21)20-17-19-14-8-5-12(18)10-15(14)23-17/h3-8,10H,2,9H2,1H3,(H,19,20,21). The molecule has 0 aliphatic carbocycles. The molecule has 1 N–H and O–H groups in total. The minimum absolute atomic E-state index is 0.0979. The number of carbonyl (C=O) groups excluding carboxylic acids is 1. The van der Waals surface area contributed by atoms with Crippen molar-refractivity contribution in [3.8, 4) is 5.75 Å². The number of hydrogen-bond donors (Lipinski definition) is 1. The molecule has 1 heterocycles. The Hall–Kier alpha value is -2.11.